The summed E-state index contributed by atoms with van der Waals surface area (Å²) in [5, 5.41) is 7.54. The number of nitrogens with zero attached hydrogens (tertiary/aromatic N) is 5. The summed E-state index contributed by atoms with van der Waals surface area (Å²) in [5.41, 5.74) is 5.25. The number of aromatic amines is 1. The van der Waals surface area contributed by atoms with E-state index in [4.69, 9.17) is 9.40 Å². The molecular formula is C21H22N6O2. The summed E-state index contributed by atoms with van der Waals surface area (Å²) in [6.45, 7) is 8.73. The molecule has 4 aromatic heterocycles. The third-order valence-electron chi connectivity index (χ3n) is 5.53. The van der Waals surface area contributed by atoms with Crippen molar-refractivity contribution < 1.29 is 4.42 Å². The summed E-state index contributed by atoms with van der Waals surface area (Å²) < 4.78 is 8.88. The maximum absolute atomic E-state index is 13.1. The minimum absolute atomic E-state index is 0.0495. The molecule has 0 amide bonds. The highest BCUT2D eigenvalue weighted by atomic mass is 16.3. The highest BCUT2D eigenvalue weighted by Gasteiger charge is 2.24. The number of fused-ring (bicyclic) bond motifs is 2. The summed E-state index contributed by atoms with van der Waals surface area (Å²) in [4.78, 5) is 20.1. The van der Waals surface area contributed by atoms with Gasteiger partial charge in [-0.25, -0.2) is 9.50 Å². The maximum Gasteiger partial charge on any atom is 0.277 e. The molecule has 8 heteroatoms. The maximum atomic E-state index is 13.1. The Balaban J connectivity index is 1.44. The SMILES string of the molecule is C=CCn1ncc(CN2CCc3nc4cc(-c5ccco5)[nH]n4c(=O)c3C2)c1C. The lowest BCUT2D eigenvalue weighted by atomic mass is 10.1. The van der Waals surface area contributed by atoms with E-state index in [0.717, 1.165) is 42.2 Å². The predicted molar refractivity (Wildman–Crippen MR) is 108 cm³/mol. The fourth-order valence-corrected chi connectivity index (χ4v) is 3.92. The van der Waals surface area contributed by atoms with E-state index in [0.29, 0.717) is 24.5 Å². The Morgan fingerprint density at radius 2 is 2.31 bits per heavy atom. The molecule has 0 saturated heterocycles. The van der Waals surface area contributed by atoms with Crippen LogP contribution < -0.4 is 5.56 Å². The van der Waals surface area contributed by atoms with Gasteiger partial charge in [0.05, 0.1) is 30.3 Å². The van der Waals surface area contributed by atoms with Crippen LogP contribution in [0.5, 0.6) is 0 Å². The van der Waals surface area contributed by atoms with Crippen LogP contribution in [0.2, 0.25) is 0 Å². The van der Waals surface area contributed by atoms with Gasteiger partial charge in [-0.15, -0.1) is 6.58 Å². The zero-order valence-electron chi connectivity index (χ0n) is 16.3. The second-order valence-electron chi connectivity index (χ2n) is 7.37. The molecule has 1 aliphatic rings. The monoisotopic (exact) mass is 390 g/mol. The summed E-state index contributed by atoms with van der Waals surface area (Å²) >= 11 is 0. The summed E-state index contributed by atoms with van der Waals surface area (Å²) in [6, 6.07) is 5.52. The molecule has 0 spiro atoms. The molecule has 0 bridgehead atoms. The molecule has 5 heterocycles. The van der Waals surface area contributed by atoms with Gasteiger partial charge in [-0.2, -0.15) is 5.10 Å². The van der Waals surface area contributed by atoms with Gasteiger partial charge in [0.15, 0.2) is 11.4 Å². The fraction of sp³-hybridized carbons (Fsp3) is 0.286. The van der Waals surface area contributed by atoms with Crippen LogP contribution in [-0.4, -0.2) is 35.8 Å². The number of aromatic nitrogens is 5. The van der Waals surface area contributed by atoms with Gasteiger partial charge in [0.25, 0.3) is 5.56 Å². The molecule has 0 saturated carbocycles. The fourth-order valence-electron chi connectivity index (χ4n) is 3.92. The van der Waals surface area contributed by atoms with Crippen LogP contribution >= 0.6 is 0 Å². The third-order valence-corrected chi connectivity index (χ3v) is 5.53. The molecule has 0 radical (unpaired) electrons. The summed E-state index contributed by atoms with van der Waals surface area (Å²) in [7, 11) is 0. The molecule has 1 aliphatic heterocycles. The first kappa shape index (κ1) is 17.7. The molecule has 0 aliphatic carbocycles. The molecule has 29 heavy (non-hydrogen) atoms. The molecule has 0 aromatic carbocycles. The van der Waals surface area contributed by atoms with Crippen molar-refractivity contribution in [1.82, 2.24) is 29.3 Å². The third kappa shape index (κ3) is 3.01. The van der Waals surface area contributed by atoms with Crippen LogP contribution in [0.25, 0.3) is 17.1 Å². The zero-order chi connectivity index (χ0) is 20.0. The molecule has 0 unspecified atom stereocenters. The molecule has 1 N–H and O–H groups in total. The highest BCUT2D eigenvalue weighted by Crippen LogP contribution is 2.22. The largest absolute Gasteiger partial charge is 0.463 e. The first-order valence-corrected chi connectivity index (χ1v) is 9.66. The number of allylic oxidation sites excluding steroid dienone is 1. The highest BCUT2D eigenvalue weighted by molar-refractivity contribution is 5.59. The van der Waals surface area contributed by atoms with E-state index in [2.05, 4.69) is 28.6 Å². The summed E-state index contributed by atoms with van der Waals surface area (Å²) in [6.07, 6.45) is 6.11. The molecule has 148 valence electrons. The van der Waals surface area contributed by atoms with E-state index in [1.54, 1.807) is 6.26 Å². The Hall–Kier alpha value is -3.39. The Morgan fingerprint density at radius 1 is 1.41 bits per heavy atom. The standard InChI is InChI=1S/C21H22N6O2/c1-3-7-26-14(2)15(11-22-26)12-25-8-6-17-16(13-25)21(28)27-20(23-17)10-18(24-27)19-5-4-9-29-19/h3-5,9-11,24H,1,6-8,12-13H2,2H3. The van der Waals surface area contributed by atoms with Crippen molar-refractivity contribution in [3.05, 3.63) is 76.2 Å². The van der Waals surface area contributed by atoms with E-state index in [9.17, 15) is 4.79 Å². The number of H-pyrrole nitrogens is 1. The average molecular weight is 390 g/mol. The van der Waals surface area contributed by atoms with Crippen LogP contribution in [0.4, 0.5) is 0 Å². The second kappa shape index (κ2) is 6.89. The van der Waals surface area contributed by atoms with Crippen LogP contribution in [0.1, 0.15) is 22.5 Å². The molecule has 5 rings (SSSR count). The van der Waals surface area contributed by atoms with E-state index in [-0.39, 0.29) is 5.56 Å². The lowest BCUT2D eigenvalue weighted by Crippen LogP contribution is -2.36. The first-order chi connectivity index (χ1) is 14.1. The molecule has 0 fully saturated rings. The van der Waals surface area contributed by atoms with Crippen molar-refractivity contribution in [2.45, 2.75) is 33.0 Å². The second-order valence-corrected chi connectivity index (χ2v) is 7.37. The van der Waals surface area contributed by atoms with Crippen LogP contribution in [0.3, 0.4) is 0 Å². The molecule has 8 nitrogen and oxygen atoms in total. The number of furan rings is 1. The minimum atomic E-state index is -0.0495. The Morgan fingerprint density at radius 3 is 3.10 bits per heavy atom. The Bertz CT molecular complexity index is 1240. The average Bonchev–Trinajstić information content (AvgIpc) is 3.45. The lowest BCUT2D eigenvalue weighted by Gasteiger charge is -2.27. The van der Waals surface area contributed by atoms with Gasteiger partial charge in [0.2, 0.25) is 0 Å². The number of rotatable bonds is 5. The van der Waals surface area contributed by atoms with Crippen molar-refractivity contribution >= 4 is 5.65 Å². The Labute approximate surface area is 167 Å². The van der Waals surface area contributed by atoms with Gasteiger partial charge in [-0.05, 0) is 19.1 Å². The lowest BCUT2D eigenvalue weighted by molar-refractivity contribution is 0.241. The smallest absolute Gasteiger partial charge is 0.277 e. The van der Waals surface area contributed by atoms with E-state index >= 15 is 0 Å². The van der Waals surface area contributed by atoms with Crippen molar-refractivity contribution in [2.75, 3.05) is 6.54 Å². The van der Waals surface area contributed by atoms with E-state index in [1.807, 2.05) is 35.2 Å². The van der Waals surface area contributed by atoms with E-state index in [1.165, 1.54) is 10.1 Å². The molecule has 4 aromatic rings. The van der Waals surface area contributed by atoms with Gasteiger partial charge >= 0.3 is 0 Å². The molecule has 0 atom stereocenters. The number of hydrogen-bond acceptors (Lipinski definition) is 5. The van der Waals surface area contributed by atoms with Gasteiger partial charge in [0.1, 0.15) is 5.69 Å². The minimum Gasteiger partial charge on any atom is -0.463 e. The first-order valence-electron chi connectivity index (χ1n) is 9.66. The number of nitrogens with one attached hydrogen (secondary N) is 1. The predicted octanol–water partition coefficient (Wildman–Crippen LogP) is 2.53. The Kier molecular flexibility index (Phi) is 4.21. The summed E-state index contributed by atoms with van der Waals surface area (Å²) in [5.74, 6) is 0.682. The van der Waals surface area contributed by atoms with Crippen molar-refractivity contribution in [1.29, 1.82) is 0 Å². The molecular weight excluding hydrogens is 368 g/mol. The topological polar surface area (TPSA) is 84.4 Å². The van der Waals surface area contributed by atoms with Gasteiger partial charge in [-0.1, -0.05) is 6.08 Å². The van der Waals surface area contributed by atoms with E-state index < -0.39 is 0 Å². The van der Waals surface area contributed by atoms with Crippen molar-refractivity contribution in [2.24, 2.45) is 0 Å². The van der Waals surface area contributed by atoms with Gasteiger partial charge in [-0.3, -0.25) is 19.5 Å². The van der Waals surface area contributed by atoms with Gasteiger partial charge in [0, 0.05) is 43.4 Å². The van der Waals surface area contributed by atoms with Crippen LogP contribution in [-0.2, 0) is 26.1 Å². The van der Waals surface area contributed by atoms with Crippen molar-refractivity contribution in [3.8, 4) is 11.5 Å². The zero-order valence-corrected chi connectivity index (χ0v) is 16.3. The number of hydrogen-bond donors (Lipinski definition) is 1. The quantitative estimate of drug-likeness (QED) is 0.530. The van der Waals surface area contributed by atoms with Crippen molar-refractivity contribution in [3.63, 3.8) is 0 Å². The van der Waals surface area contributed by atoms with Crippen LogP contribution in [0.15, 0.2) is 52.5 Å². The normalized spacial score (nSPS) is 14.4. The van der Waals surface area contributed by atoms with Crippen LogP contribution in [0, 0.1) is 6.92 Å². The van der Waals surface area contributed by atoms with Gasteiger partial charge < -0.3 is 4.42 Å².